The van der Waals surface area contributed by atoms with E-state index in [-0.39, 0.29) is 11.1 Å². The van der Waals surface area contributed by atoms with E-state index >= 15 is 0 Å². The number of nitro groups is 1. The molecule has 0 unspecified atom stereocenters. The number of hydrogen-bond donors (Lipinski definition) is 1. The highest BCUT2D eigenvalue weighted by Gasteiger charge is 2.16. The van der Waals surface area contributed by atoms with Crippen LogP contribution in [0.4, 0.5) is 5.69 Å². The molecule has 0 aliphatic carbocycles. The normalized spacial score (nSPS) is 10.5. The Morgan fingerprint density at radius 1 is 1.11 bits per heavy atom. The van der Waals surface area contributed by atoms with E-state index in [9.17, 15) is 20.0 Å². The second kappa shape index (κ2) is 8.52. The number of amides is 1. The fraction of sp³-hybridized carbons (Fsp3) is 0.176. The Labute approximate surface area is 154 Å². The van der Waals surface area contributed by atoms with E-state index < -0.39 is 22.3 Å². The highest BCUT2D eigenvalue weighted by molar-refractivity contribution is 5.96. The maximum absolute atomic E-state index is 12.3. The molecule has 1 amide bonds. The SMILES string of the molecule is COc1cc(C(=O)N/N=C\c2ccc([O-])c([N+](=O)[O-])c2)cc(OC)c1OC. The van der Waals surface area contributed by atoms with Gasteiger partial charge in [-0.05, 0) is 17.9 Å². The molecule has 0 spiro atoms. The summed E-state index contributed by atoms with van der Waals surface area (Å²) in [7, 11) is 4.28. The van der Waals surface area contributed by atoms with Gasteiger partial charge in [0.15, 0.2) is 11.5 Å². The van der Waals surface area contributed by atoms with Crippen LogP contribution in [0.5, 0.6) is 23.0 Å². The predicted octanol–water partition coefficient (Wildman–Crippen LogP) is 1.46. The Bertz CT molecular complexity index is 871. The number of ether oxygens (including phenoxy) is 3. The number of carbonyl (C=O) groups is 1. The van der Waals surface area contributed by atoms with Crippen LogP contribution in [0.25, 0.3) is 0 Å². The Balaban J connectivity index is 2.19. The zero-order chi connectivity index (χ0) is 20.0. The van der Waals surface area contributed by atoms with Crippen molar-refractivity contribution in [3.05, 3.63) is 51.6 Å². The fourth-order valence-corrected chi connectivity index (χ4v) is 2.20. The van der Waals surface area contributed by atoms with Crippen LogP contribution in [-0.2, 0) is 0 Å². The molecule has 2 aromatic carbocycles. The number of nitrogens with one attached hydrogen (secondary N) is 1. The number of rotatable bonds is 7. The average Bonchev–Trinajstić information content (AvgIpc) is 2.67. The second-order valence-electron chi connectivity index (χ2n) is 5.10. The molecule has 0 aromatic heterocycles. The third-order valence-electron chi connectivity index (χ3n) is 3.49. The van der Waals surface area contributed by atoms with E-state index in [0.29, 0.717) is 17.2 Å². The Kier molecular flexibility index (Phi) is 6.15. The smallest absolute Gasteiger partial charge is 0.271 e. The largest absolute Gasteiger partial charge is 0.868 e. The van der Waals surface area contributed by atoms with Crippen LogP contribution in [-0.4, -0.2) is 38.4 Å². The molecular weight excluding hydrogens is 358 g/mol. The summed E-state index contributed by atoms with van der Waals surface area (Å²) in [4.78, 5) is 22.3. The summed E-state index contributed by atoms with van der Waals surface area (Å²) in [6, 6.07) is 6.37. The first kappa shape index (κ1) is 19.5. The summed E-state index contributed by atoms with van der Waals surface area (Å²) in [6.45, 7) is 0. The van der Waals surface area contributed by atoms with Crippen molar-refractivity contribution in [2.75, 3.05) is 21.3 Å². The molecule has 0 aliphatic rings. The van der Waals surface area contributed by atoms with Gasteiger partial charge in [-0.15, -0.1) is 0 Å². The van der Waals surface area contributed by atoms with Crippen molar-refractivity contribution < 1.29 is 29.0 Å². The molecule has 0 atom stereocenters. The maximum Gasteiger partial charge on any atom is 0.271 e. The second-order valence-corrected chi connectivity index (χ2v) is 5.10. The van der Waals surface area contributed by atoms with Gasteiger partial charge in [-0.3, -0.25) is 14.9 Å². The van der Waals surface area contributed by atoms with Gasteiger partial charge in [0.1, 0.15) is 0 Å². The molecule has 0 heterocycles. The molecule has 10 nitrogen and oxygen atoms in total. The number of hydrazone groups is 1. The van der Waals surface area contributed by atoms with Crippen molar-refractivity contribution in [2.45, 2.75) is 0 Å². The molecule has 0 radical (unpaired) electrons. The number of nitrogens with zero attached hydrogens (tertiary/aromatic N) is 2. The number of methoxy groups -OCH3 is 3. The van der Waals surface area contributed by atoms with Gasteiger partial charge in [-0.25, -0.2) is 5.43 Å². The maximum atomic E-state index is 12.3. The molecule has 0 bridgehead atoms. The van der Waals surface area contributed by atoms with Gasteiger partial charge in [0.05, 0.1) is 32.5 Å². The summed E-state index contributed by atoms with van der Waals surface area (Å²) < 4.78 is 15.5. The first-order valence-electron chi connectivity index (χ1n) is 7.50. The van der Waals surface area contributed by atoms with Crippen LogP contribution in [0, 0.1) is 10.1 Å². The van der Waals surface area contributed by atoms with Crippen molar-refractivity contribution in [1.29, 1.82) is 0 Å². The quantitative estimate of drug-likeness (QED) is 0.440. The average molecular weight is 374 g/mol. The van der Waals surface area contributed by atoms with E-state index in [2.05, 4.69) is 10.5 Å². The van der Waals surface area contributed by atoms with Crippen molar-refractivity contribution in [3.63, 3.8) is 0 Å². The monoisotopic (exact) mass is 374 g/mol. The molecule has 0 saturated carbocycles. The van der Waals surface area contributed by atoms with Crippen LogP contribution in [0.2, 0.25) is 0 Å². The van der Waals surface area contributed by atoms with E-state index in [1.165, 1.54) is 45.7 Å². The molecule has 1 N–H and O–H groups in total. The predicted molar refractivity (Wildman–Crippen MR) is 93.7 cm³/mol. The number of hydrogen-bond acceptors (Lipinski definition) is 8. The molecular formula is C17H16N3O7-. The zero-order valence-electron chi connectivity index (χ0n) is 14.7. The third kappa shape index (κ3) is 4.42. The van der Waals surface area contributed by atoms with Crippen LogP contribution in [0.15, 0.2) is 35.4 Å². The zero-order valence-corrected chi connectivity index (χ0v) is 14.7. The van der Waals surface area contributed by atoms with E-state index in [1.54, 1.807) is 0 Å². The highest BCUT2D eigenvalue weighted by Crippen LogP contribution is 2.38. The van der Waals surface area contributed by atoms with Gasteiger partial charge in [0.25, 0.3) is 11.6 Å². The highest BCUT2D eigenvalue weighted by atomic mass is 16.6. The van der Waals surface area contributed by atoms with Gasteiger partial charge < -0.3 is 19.3 Å². The van der Waals surface area contributed by atoms with Gasteiger partial charge in [0, 0.05) is 17.2 Å². The Morgan fingerprint density at radius 2 is 1.74 bits per heavy atom. The first-order valence-corrected chi connectivity index (χ1v) is 7.50. The minimum Gasteiger partial charge on any atom is -0.868 e. The summed E-state index contributed by atoms with van der Waals surface area (Å²) in [5, 5.41) is 25.9. The fourth-order valence-electron chi connectivity index (χ4n) is 2.20. The standard InChI is InChI=1S/C17H17N3O7/c1-25-14-7-11(8-15(26-2)16(14)27-3)17(22)19-18-9-10-4-5-13(21)12(6-10)20(23)24/h4-9,21H,1-3H3,(H,19,22)/p-1/b18-9-. The summed E-state index contributed by atoms with van der Waals surface area (Å²) in [6.07, 6.45) is 1.18. The molecule has 0 saturated heterocycles. The topological polar surface area (TPSA) is 135 Å². The summed E-state index contributed by atoms with van der Waals surface area (Å²) in [5.74, 6) is -0.343. The number of benzene rings is 2. The van der Waals surface area contributed by atoms with E-state index in [1.807, 2.05) is 0 Å². The van der Waals surface area contributed by atoms with Gasteiger partial charge in [-0.2, -0.15) is 5.10 Å². The Hall–Kier alpha value is -3.82. The molecule has 27 heavy (non-hydrogen) atoms. The minimum absolute atomic E-state index is 0.197. The van der Waals surface area contributed by atoms with E-state index in [4.69, 9.17) is 14.2 Å². The van der Waals surface area contributed by atoms with Gasteiger partial charge >= 0.3 is 0 Å². The molecule has 2 rings (SSSR count). The lowest BCUT2D eigenvalue weighted by Gasteiger charge is -2.13. The summed E-state index contributed by atoms with van der Waals surface area (Å²) in [5.41, 5.74) is 2.19. The van der Waals surface area contributed by atoms with Crippen LogP contribution in [0.1, 0.15) is 15.9 Å². The van der Waals surface area contributed by atoms with Crippen LogP contribution >= 0.6 is 0 Å². The lowest BCUT2D eigenvalue weighted by Crippen LogP contribution is -2.18. The van der Waals surface area contributed by atoms with Crippen molar-refractivity contribution >= 4 is 17.8 Å². The third-order valence-corrected chi connectivity index (χ3v) is 3.49. The first-order chi connectivity index (χ1) is 12.9. The molecule has 2 aromatic rings. The molecule has 0 aliphatic heterocycles. The van der Waals surface area contributed by atoms with Crippen molar-refractivity contribution in [2.24, 2.45) is 5.10 Å². The minimum atomic E-state index is -0.784. The van der Waals surface area contributed by atoms with Crippen molar-refractivity contribution in [3.8, 4) is 23.0 Å². The van der Waals surface area contributed by atoms with Crippen LogP contribution in [0.3, 0.4) is 0 Å². The lowest BCUT2D eigenvalue weighted by atomic mass is 10.1. The Morgan fingerprint density at radius 3 is 2.26 bits per heavy atom. The lowest BCUT2D eigenvalue weighted by molar-refractivity contribution is -0.398. The number of carbonyl (C=O) groups excluding carboxylic acids is 1. The van der Waals surface area contributed by atoms with Crippen LogP contribution < -0.4 is 24.7 Å². The van der Waals surface area contributed by atoms with Crippen molar-refractivity contribution in [1.82, 2.24) is 5.43 Å². The molecule has 142 valence electrons. The molecule has 10 heteroatoms. The van der Waals surface area contributed by atoms with Gasteiger partial charge in [0.2, 0.25) is 5.75 Å². The summed E-state index contributed by atoms with van der Waals surface area (Å²) >= 11 is 0. The number of nitro benzene ring substituents is 1. The van der Waals surface area contributed by atoms with Gasteiger partial charge in [-0.1, -0.05) is 12.1 Å². The molecule has 0 fully saturated rings. The van der Waals surface area contributed by atoms with E-state index in [0.717, 1.165) is 12.1 Å².